The van der Waals surface area contributed by atoms with Crippen molar-refractivity contribution in [2.75, 3.05) is 13.7 Å². The van der Waals surface area contributed by atoms with E-state index in [4.69, 9.17) is 21.1 Å². The molecule has 0 aliphatic heterocycles. The minimum absolute atomic E-state index is 0.142. The van der Waals surface area contributed by atoms with Gasteiger partial charge in [0, 0.05) is 23.2 Å². The van der Waals surface area contributed by atoms with Gasteiger partial charge in [0.1, 0.15) is 18.1 Å². The lowest BCUT2D eigenvalue weighted by atomic mass is 10.1. The van der Waals surface area contributed by atoms with Crippen molar-refractivity contribution >= 4 is 17.5 Å². The molecule has 0 radical (unpaired) electrons. The lowest BCUT2D eigenvalue weighted by Gasteiger charge is -2.13. The maximum Gasteiger partial charge on any atom is 0.251 e. The number of aryl methyl sites for hydroxylation is 1. The van der Waals surface area contributed by atoms with Gasteiger partial charge in [-0.05, 0) is 55.8 Å². The quantitative estimate of drug-likeness (QED) is 0.869. The maximum atomic E-state index is 11.8. The van der Waals surface area contributed by atoms with Gasteiger partial charge in [0.15, 0.2) is 0 Å². The number of carbonyl (C=O) groups is 1. The van der Waals surface area contributed by atoms with Crippen LogP contribution >= 0.6 is 11.6 Å². The van der Waals surface area contributed by atoms with E-state index in [9.17, 15) is 4.79 Å². The molecule has 0 saturated heterocycles. The van der Waals surface area contributed by atoms with Gasteiger partial charge in [0.05, 0.1) is 6.61 Å². The van der Waals surface area contributed by atoms with Crippen molar-refractivity contribution < 1.29 is 14.3 Å². The molecule has 2 rings (SSSR count). The lowest BCUT2D eigenvalue weighted by molar-refractivity contribution is 0.0963. The Morgan fingerprint density at radius 1 is 1.17 bits per heavy atom. The molecule has 0 spiro atoms. The van der Waals surface area contributed by atoms with Crippen LogP contribution in [0.2, 0.25) is 5.02 Å². The Morgan fingerprint density at radius 2 is 1.96 bits per heavy atom. The zero-order valence-electron chi connectivity index (χ0n) is 13.5. The Morgan fingerprint density at radius 3 is 2.61 bits per heavy atom. The molecular weight excluding hydrogens is 314 g/mol. The van der Waals surface area contributed by atoms with Crippen LogP contribution in [0.4, 0.5) is 0 Å². The first-order valence-corrected chi connectivity index (χ1v) is 7.79. The minimum atomic E-state index is -0.142. The molecule has 4 nitrogen and oxygen atoms in total. The summed E-state index contributed by atoms with van der Waals surface area (Å²) in [7, 11) is 1.60. The van der Waals surface area contributed by atoms with Gasteiger partial charge in [0.25, 0.3) is 5.91 Å². The molecule has 1 amide bonds. The third kappa shape index (κ3) is 4.39. The van der Waals surface area contributed by atoms with Crippen molar-refractivity contribution in [1.82, 2.24) is 5.32 Å². The number of hydrogen-bond donors (Lipinski definition) is 1. The minimum Gasteiger partial charge on any atom is -0.493 e. The molecule has 122 valence electrons. The second-order valence-corrected chi connectivity index (χ2v) is 5.44. The number of rotatable bonds is 6. The molecule has 5 heteroatoms. The topological polar surface area (TPSA) is 47.6 Å². The summed E-state index contributed by atoms with van der Waals surface area (Å²) in [5.74, 6) is 1.29. The summed E-state index contributed by atoms with van der Waals surface area (Å²) in [6, 6.07) is 10.8. The van der Waals surface area contributed by atoms with Crippen molar-refractivity contribution in [1.29, 1.82) is 0 Å². The van der Waals surface area contributed by atoms with Gasteiger partial charge in [-0.15, -0.1) is 0 Å². The molecule has 1 N–H and O–H groups in total. The van der Waals surface area contributed by atoms with Crippen LogP contribution in [-0.2, 0) is 6.61 Å². The third-order valence-corrected chi connectivity index (χ3v) is 3.80. The fraction of sp³-hybridized carbons (Fsp3) is 0.278. The van der Waals surface area contributed by atoms with E-state index in [1.54, 1.807) is 31.3 Å². The molecule has 2 aromatic rings. The number of carbonyl (C=O) groups excluding carboxylic acids is 1. The highest BCUT2D eigenvalue weighted by atomic mass is 35.5. The molecule has 0 unspecified atom stereocenters. The molecule has 0 bridgehead atoms. The molecule has 0 aromatic heterocycles. The smallest absolute Gasteiger partial charge is 0.251 e. The van der Waals surface area contributed by atoms with Crippen LogP contribution in [0.5, 0.6) is 11.5 Å². The van der Waals surface area contributed by atoms with Crippen molar-refractivity contribution in [2.45, 2.75) is 20.5 Å². The third-order valence-electron chi connectivity index (χ3n) is 3.37. The van der Waals surface area contributed by atoms with Gasteiger partial charge in [-0.3, -0.25) is 4.79 Å². The first-order valence-electron chi connectivity index (χ1n) is 7.42. The summed E-state index contributed by atoms with van der Waals surface area (Å²) in [4.78, 5) is 11.8. The molecule has 0 aliphatic rings. The number of benzene rings is 2. The fourth-order valence-electron chi connectivity index (χ4n) is 2.14. The molecular formula is C18H20ClNO3. The number of ether oxygens (including phenoxy) is 2. The van der Waals surface area contributed by atoms with Gasteiger partial charge in [-0.1, -0.05) is 11.6 Å². The Labute approximate surface area is 141 Å². The van der Waals surface area contributed by atoms with Crippen LogP contribution in [0.1, 0.15) is 28.4 Å². The van der Waals surface area contributed by atoms with Crippen LogP contribution in [0.3, 0.4) is 0 Å². The van der Waals surface area contributed by atoms with Crippen LogP contribution in [0.25, 0.3) is 0 Å². The molecule has 0 aliphatic carbocycles. The van der Waals surface area contributed by atoms with E-state index < -0.39 is 0 Å². The zero-order valence-corrected chi connectivity index (χ0v) is 14.2. The summed E-state index contributed by atoms with van der Waals surface area (Å²) in [5.41, 5.74) is 2.34. The van der Waals surface area contributed by atoms with Crippen LogP contribution in [-0.4, -0.2) is 19.6 Å². The largest absolute Gasteiger partial charge is 0.493 e. The molecule has 2 aromatic carbocycles. The zero-order chi connectivity index (χ0) is 16.8. The average molecular weight is 334 g/mol. The standard InChI is InChI=1S/C18H20ClNO3/c1-4-22-17-8-5-13(18(21)20-3)10-14(17)11-23-15-6-7-16(19)12(2)9-15/h5-10H,4,11H2,1-3H3,(H,20,21). The van der Waals surface area contributed by atoms with Crippen molar-refractivity contribution in [3.8, 4) is 11.5 Å². The van der Waals surface area contributed by atoms with Crippen molar-refractivity contribution in [3.05, 3.63) is 58.1 Å². The van der Waals surface area contributed by atoms with E-state index in [2.05, 4.69) is 5.32 Å². The predicted octanol–water partition coefficient (Wildman–Crippen LogP) is 3.99. The van der Waals surface area contributed by atoms with E-state index in [1.165, 1.54) is 0 Å². The van der Waals surface area contributed by atoms with Crippen molar-refractivity contribution in [3.63, 3.8) is 0 Å². The number of amides is 1. The van der Waals surface area contributed by atoms with Gasteiger partial charge in [0.2, 0.25) is 0 Å². The van der Waals surface area contributed by atoms with Gasteiger partial charge < -0.3 is 14.8 Å². The lowest BCUT2D eigenvalue weighted by Crippen LogP contribution is -2.18. The summed E-state index contributed by atoms with van der Waals surface area (Å²) in [5, 5.41) is 3.31. The summed E-state index contributed by atoms with van der Waals surface area (Å²) in [6.07, 6.45) is 0. The van der Waals surface area contributed by atoms with Crippen LogP contribution in [0, 0.1) is 6.92 Å². The first-order chi connectivity index (χ1) is 11.0. The maximum absolute atomic E-state index is 11.8. The Balaban J connectivity index is 2.21. The van der Waals surface area contributed by atoms with Crippen LogP contribution in [0.15, 0.2) is 36.4 Å². The van der Waals surface area contributed by atoms with Crippen LogP contribution < -0.4 is 14.8 Å². The second kappa shape index (κ2) is 7.88. The Hall–Kier alpha value is -2.20. The van der Waals surface area contributed by atoms with E-state index in [0.29, 0.717) is 29.5 Å². The van der Waals surface area contributed by atoms with E-state index in [-0.39, 0.29) is 5.91 Å². The predicted molar refractivity (Wildman–Crippen MR) is 91.5 cm³/mol. The summed E-state index contributed by atoms with van der Waals surface area (Å²) >= 11 is 6.02. The van der Waals surface area contributed by atoms with Gasteiger partial charge in [-0.25, -0.2) is 0 Å². The van der Waals surface area contributed by atoms with Gasteiger partial charge in [-0.2, -0.15) is 0 Å². The molecule has 23 heavy (non-hydrogen) atoms. The fourth-order valence-corrected chi connectivity index (χ4v) is 2.26. The molecule has 0 fully saturated rings. The number of nitrogens with one attached hydrogen (secondary N) is 1. The van der Waals surface area contributed by atoms with Gasteiger partial charge >= 0.3 is 0 Å². The molecule has 0 saturated carbocycles. The monoisotopic (exact) mass is 333 g/mol. The SMILES string of the molecule is CCOc1ccc(C(=O)NC)cc1COc1ccc(Cl)c(C)c1. The average Bonchev–Trinajstić information content (AvgIpc) is 2.56. The summed E-state index contributed by atoms with van der Waals surface area (Å²) in [6.45, 7) is 4.69. The highest BCUT2D eigenvalue weighted by molar-refractivity contribution is 6.31. The highest BCUT2D eigenvalue weighted by Gasteiger charge is 2.10. The number of halogens is 1. The Bertz CT molecular complexity index is 701. The number of hydrogen-bond acceptors (Lipinski definition) is 3. The van der Waals surface area contributed by atoms with Crippen molar-refractivity contribution in [2.24, 2.45) is 0 Å². The molecule has 0 atom stereocenters. The molecule has 0 heterocycles. The Kier molecular flexibility index (Phi) is 5.88. The van der Waals surface area contributed by atoms with E-state index in [1.807, 2.05) is 26.0 Å². The second-order valence-electron chi connectivity index (χ2n) is 5.03. The summed E-state index contributed by atoms with van der Waals surface area (Å²) < 4.78 is 11.4. The first kappa shape index (κ1) is 17.2. The highest BCUT2D eigenvalue weighted by Crippen LogP contribution is 2.25. The normalized spacial score (nSPS) is 10.3. The van der Waals surface area contributed by atoms with E-state index in [0.717, 1.165) is 16.9 Å². The van der Waals surface area contributed by atoms with E-state index >= 15 is 0 Å².